The number of halogens is 3. The van der Waals surface area contributed by atoms with Gasteiger partial charge in [0.25, 0.3) is 0 Å². The summed E-state index contributed by atoms with van der Waals surface area (Å²) in [5.74, 6) is 0. The lowest BCUT2D eigenvalue weighted by molar-refractivity contribution is -0.137. The maximum Gasteiger partial charge on any atom is 0.416 e. The summed E-state index contributed by atoms with van der Waals surface area (Å²) in [7, 11) is 0. The summed E-state index contributed by atoms with van der Waals surface area (Å²) in [5.41, 5.74) is 5.32. The van der Waals surface area contributed by atoms with Gasteiger partial charge in [0.15, 0.2) is 0 Å². The first-order valence-electron chi connectivity index (χ1n) is 5.79. The summed E-state index contributed by atoms with van der Waals surface area (Å²) >= 11 is 0. The molecule has 0 aliphatic carbocycles. The Hall–Kier alpha value is -1.76. The van der Waals surface area contributed by atoms with E-state index >= 15 is 0 Å². The Labute approximate surface area is 109 Å². The molecule has 0 bridgehead atoms. The van der Waals surface area contributed by atoms with E-state index in [-0.39, 0.29) is 6.54 Å². The number of hydrogen-bond donors (Lipinski definition) is 3. The van der Waals surface area contributed by atoms with Crippen LogP contribution in [-0.2, 0) is 6.18 Å². The lowest BCUT2D eigenvalue weighted by Gasteiger charge is -2.15. The van der Waals surface area contributed by atoms with E-state index in [0.29, 0.717) is 12.1 Å². The maximum absolute atomic E-state index is 12.5. The second-order valence-electron chi connectivity index (χ2n) is 3.97. The van der Waals surface area contributed by atoms with Crippen molar-refractivity contribution in [3.05, 3.63) is 35.4 Å². The van der Waals surface area contributed by atoms with Gasteiger partial charge in [-0.3, -0.25) is 0 Å². The van der Waals surface area contributed by atoms with Crippen LogP contribution in [0.1, 0.15) is 24.1 Å². The number of amides is 2. The molecule has 0 aromatic heterocycles. The molecule has 4 nitrogen and oxygen atoms in total. The highest BCUT2D eigenvalue weighted by molar-refractivity contribution is 5.73. The van der Waals surface area contributed by atoms with E-state index in [1.807, 2.05) is 0 Å². The summed E-state index contributed by atoms with van der Waals surface area (Å²) in [6, 6.07) is 3.68. The normalized spacial score (nSPS) is 12.9. The van der Waals surface area contributed by atoms with Gasteiger partial charge in [0, 0.05) is 19.1 Å². The SMILES string of the molecule is CCNC(=O)NCC(N)c1cccc(C(F)(F)F)c1. The Morgan fingerprint density at radius 1 is 1.37 bits per heavy atom. The zero-order valence-electron chi connectivity index (χ0n) is 10.4. The van der Waals surface area contributed by atoms with Gasteiger partial charge in [-0.25, -0.2) is 4.79 Å². The number of nitrogens with two attached hydrogens (primary N) is 1. The van der Waals surface area contributed by atoms with Crippen LogP contribution in [0.25, 0.3) is 0 Å². The minimum atomic E-state index is -4.40. The predicted octanol–water partition coefficient (Wildman–Crippen LogP) is 2.02. The van der Waals surface area contributed by atoms with Gasteiger partial charge in [0.05, 0.1) is 5.56 Å². The number of carbonyl (C=O) groups is 1. The van der Waals surface area contributed by atoms with E-state index in [4.69, 9.17) is 5.73 Å². The van der Waals surface area contributed by atoms with Crippen molar-refractivity contribution in [2.75, 3.05) is 13.1 Å². The average Bonchev–Trinajstić information content (AvgIpc) is 2.35. The second kappa shape index (κ2) is 6.42. The fraction of sp³-hybridized carbons (Fsp3) is 0.417. The molecule has 0 aliphatic heterocycles. The number of rotatable bonds is 4. The van der Waals surface area contributed by atoms with Crippen LogP contribution in [0.5, 0.6) is 0 Å². The van der Waals surface area contributed by atoms with Crippen molar-refractivity contribution in [1.29, 1.82) is 0 Å². The largest absolute Gasteiger partial charge is 0.416 e. The van der Waals surface area contributed by atoms with Gasteiger partial charge >= 0.3 is 12.2 Å². The Kier molecular flexibility index (Phi) is 5.17. The van der Waals surface area contributed by atoms with Gasteiger partial charge in [-0.05, 0) is 24.6 Å². The Balaban J connectivity index is 2.67. The standard InChI is InChI=1S/C12H16F3N3O/c1-2-17-11(19)18-7-10(16)8-4-3-5-9(6-8)12(13,14)15/h3-6,10H,2,7,16H2,1H3,(H2,17,18,19). The van der Waals surface area contributed by atoms with Crippen molar-refractivity contribution in [3.8, 4) is 0 Å². The van der Waals surface area contributed by atoms with Crippen LogP contribution >= 0.6 is 0 Å². The highest BCUT2D eigenvalue weighted by Crippen LogP contribution is 2.30. The molecule has 1 atom stereocenters. The van der Waals surface area contributed by atoms with Crippen molar-refractivity contribution in [2.24, 2.45) is 5.73 Å². The Morgan fingerprint density at radius 2 is 2.05 bits per heavy atom. The lowest BCUT2D eigenvalue weighted by atomic mass is 10.0. The summed E-state index contributed by atoms with van der Waals surface area (Å²) < 4.78 is 37.6. The second-order valence-corrected chi connectivity index (χ2v) is 3.97. The summed E-state index contributed by atoms with van der Waals surface area (Å²) in [4.78, 5) is 11.1. The van der Waals surface area contributed by atoms with Gasteiger partial charge in [-0.2, -0.15) is 13.2 Å². The van der Waals surface area contributed by atoms with Gasteiger partial charge in [-0.1, -0.05) is 12.1 Å². The van der Waals surface area contributed by atoms with Crippen molar-refractivity contribution < 1.29 is 18.0 Å². The van der Waals surface area contributed by atoms with E-state index in [1.165, 1.54) is 12.1 Å². The molecule has 1 aromatic carbocycles. The highest BCUT2D eigenvalue weighted by atomic mass is 19.4. The van der Waals surface area contributed by atoms with Crippen LogP contribution in [0.15, 0.2) is 24.3 Å². The third-order valence-electron chi connectivity index (χ3n) is 2.46. The minimum absolute atomic E-state index is 0.0626. The van der Waals surface area contributed by atoms with Crippen molar-refractivity contribution >= 4 is 6.03 Å². The van der Waals surface area contributed by atoms with Crippen LogP contribution in [0.3, 0.4) is 0 Å². The quantitative estimate of drug-likeness (QED) is 0.787. The molecule has 7 heteroatoms. The number of urea groups is 1. The fourth-order valence-electron chi connectivity index (χ4n) is 1.49. The maximum atomic E-state index is 12.5. The van der Waals surface area contributed by atoms with E-state index in [1.54, 1.807) is 6.92 Å². The van der Waals surface area contributed by atoms with Crippen molar-refractivity contribution in [1.82, 2.24) is 10.6 Å². The summed E-state index contributed by atoms with van der Waals surface area (Å²) in [6.45, 7) is 2.28. The molecule has 4 N–H and O–H groups in total. The zero-order valence-corrected chi connectivity index (χ0v) is 10.4. The molecular formula is C12H16F3N3O. The number of hydrogen-bond acceptors (Lipinski definition) is 2. The van der Waals surface area contributed by atoms with E-state index in [9.17, 15) is 18.0 Å². The fourth-order valence-corrected chi connectivity index (χ4v) is 1.49. The Bertz CT molecular complexity index is 434. The third-order valence-corrected chi connectivity index (χ3v) is 2.46. The van der Waals surface area contributed by atoms with E-state index in [0.717, 1.165) is 12.1 Å². The molecule has 0 saturated heterocycles. The van der Waals surface area contributed by atoms with E-state index < -0.39 is 23.8 Å². The zero-order chi connectivity index (χ0) is 14.5. The molecule has 0 aliphatic rings. The number of nitrogens with one attached hydrogen (secondary N) is 2. The highest BCUT2D eigenvalue weighted by Gasteiger charge is 2.30. The first kappa shape index (κ1) is 15.3. The number of alkyl halides is 3. The molecule has 106 valence electrons. The van der Waals surface area contributed by atoms with Gasteiger partial charge in [0.2, 0.25) is 0 Å². The lowest BCUT2D eigenvalue weighted by Crippen LogP contribution is -2.39. The third kappa shape index (κ3) is 4.78. The van der Waals surface area contributed by atoms with Gasteiger partial charge in [0.1, 0.15) is 0 Å². The minimum Gasteiger partial charge on any atom is -0.338 e. The first-order chi connectivity index (χ1) is 8.84. The number of carbonyl (C=O) groups excluding carboxylic acids is 1. The van der Waals surface area contributed by atoms with Crippen molar-refractivity contribution in [2.45, 2.75) is 19.1 Å². The van der Waals surface area contributed by atoms with Crippen LogP contribution in [-0.4, -0.2) is 19.1 Å². The summed E-state index contributed by atoms with van der Waals surface area (Å²) in [6.07, 6.45) is -4.40. The number of benzene rings is 1. The van der Waals surface area contributed by atoms with Gasteiger partial charge < -0.3 is 16.4 Å². The molecular weight excluding hydrogens is 259 g/mol. The topological polar surface area (TPSA) is 67.2 Å². The predicted molar refractivity (Wildman–Crippen MR) is 65.4 cm³/mol. The van der Waals surface area contributed by atoms with Crippen LogP contribution in [0.2, 0.25) is 0 Å². The average molecular weight is 275 g/mol. The smallest absolute Gasteiger partial charge is 0.338 e. The molecule has 0 saturated carbocycles. The molecule has 1 aromatic rings. The van der Waals surface area contributed by atoms with E-state index in [2.05, 4.69) is 10.6 Å². The molecule has 1 unspecified atom stereocenters. The van der Waals surface area contributed by atoms with Crippen LogP contribution in [0, 0.1) is 0 Å². The Morgan fingerprint density at radius 3 is 2.63 bits per heavy atom. The van der Waals surface area contributed by atoms with Crippen LogP contribution in [0.4, 0.5) is 18.0 Å². The molecule has 19 heavy (non-hydrogen) atoms. The molecule has 2 amide bonds. The molecule has 0 fully saturated rings. The molecule has 0 radical (unpaired) electrons. The molecule has 1 rings (SSSR count). The van der Waals surface area contributed by atoms with Crippen molar-refractivity contribution in [3.63, 3.8) is 0 Å². The monoisotopic (exact) mass is 275 g/mol. The van der Waals surface area contributed by atoms with Crippen LogP contribution < -0.4 is 16.4 Å². The van der Waals surface area contributed by atoms with Gasteiger partial charge in [-0.15, -0.1) is 0 Å². The first-order valence-corrected chi connectivity index (χ1v) is 5.79. The molecule has 0 spiro atoms. The molecule has 0 heterocycles. The summed E-state index contributed by atoms with van der Waals surface area (Å²) in [5, 5.41) is 4.99.